The minimum absolute atomic E-state index is 0.354. The summed E-state index contributed by atoms with van der Waals surface area (Å²) in [5, 5.41) is 30.3. The highest BCUT2D eigenvalue weighted by atomic mass is 35.5. The van der Waals surface area contributed by atoms with Crippen LogP contribution >= 0.6 is 11.6 Å². The lowest BCUT2D eigenvalue weighted by molar-refractivity contribution is -0.161. The molecule has 3 N–H and O–H groups in total. The molecule has 1 aliphatic heterocycles. The summed E-state index contributed by atoms with van der Waals surface area (Å²) in [6.45, 7) is 2.46. The number of aliphatic hydroxyl groups excluding tert-OH is 3. The summed E-state index contributed by atoms with van der Waals surface area (Å²) in [5.74, 6) is -0.300. The summed E-state index contributed by atoms with van der Waals surface area (Å²) in [4.78, 5) is 0. The van der Waals surface area contributed by atoms with Crippen LogP contribution in [0.25, 0.3) is 0 Å². The highest BCUT2D eigenvalue weighted by molar-refractivity contribution is 6.31. The largest absolute Gasteiger partial charge is 0.494 e. The molecule has 0 aliphatic carbocycles. The fraction of sp³-hybridized carbons (Fsp3) is 0.333. The lowest BCUT2D eigenvalue weighted by Crippen LogP contribution is -2.48. The Labute approximate surface area is 171 Å². The smallest absolute Gasteiger partial charge is 0.310 e. The van der Waals surface area contributed by atoms with Crippen LogP contribution in [-0.4, -0.2) is 40.2 Å². The molecule has 8 heteroatoms. The predicted octanol–water partition coefficient (Wildman–Crippen LogP) is 3.59. The van der Waals surface area contributed by atoms with Crippen LogP contribution < -0.4 is 4.74 Å². The van der Waals surface area contributed by atoms with E-state index in [4.69, 9.17) is 21.1 Å². The lowest BCUT2D eigenvalue weighted by atomic mass is 9.91. The number of benzene rings is 2. The summed E-state index contributed by atoms with van der Waals surface area (Å²) < 4.78 is 36.6. The molecule has 29 heavy (non-hydrogen) atoms. The first kappa shape index (κ1) is 21.5. The minimum Gasteiger partial charge on any atom is -0.494 e. The SMILES string of the molecule is CCOc1ccc(Cc2cc([C@@H]3OC(=C(F)F)[C@@H](O)[C@H](O)[C@H]3O)ccc2Cl)cc1. The van der Waals surface area contributed by atoms with E-state index in [0.29, 0.717) is 29.2 Å². The first-order valence-corrected chi connectivity index (χ1v) is 9.45. The van der Waals surface area contributed by atoms with E-state index in [2.05, 4.69) is 0 Å². The predicted molar refractivity (Wildman–Crippen MR) is 103 cm³/mol. The van der Waals surface area contributed by atoms with Gasteiger partial charge in [-0.2, -0.15) is 8.78 Å². The molecule has 2 aromatic rings. The van der Waals surface area contributed by atoms with E-state index in [-0.39, 0.29) is 0 Å². The lowest BCUT2D eigenvalue weighted by Gasteiger charge is -2.37. The Balaban J connectivity index is 1.87. The van der Waals surface area contributed by atoms with Crippen molar-refractivity contribution in [2.24, 2.45) is 0 Å². The van der Waals surface area contributed by atoms with Crippen molar-refractivity contribution in [1.29, 1.82) is 0 Å². The zero-order chi connectivity index (χ0) is 21.1. The fourth-order valence-electron chi connectivity index (χ4n) is 3.22. The van der Waals surface area contributed by atoms with Gasteiger partial charge in [-0.3, -0.25) is 0 Å². The number of halogens is 3. The van der Waals surface area contributed by atoms with E-state index >= 15 is 0 Å². The molecule has 1 heterocycles. The van der Waals surface area contributed by atoms with Crippen molar-refractivity contribution in [2.45, 2.75) is 37.8 Å². The van der Waals surface area contributed by atoms with Crippen LogP contribution in [0.3, 0.4) is 0 Å². The van der Waals surface area contributed by atoms with Crippen molar-refractivity contribution in [1.82, 2.24) is 0 Å². The topological polar surface area (TPSA) is 79.2 Å². The van der Waals surface area contributed by atoms with Crippen molar-refractivity contribution in [3.05, 3.63) is 76.0 Å². The molecule has 1 fully saturated rings. The van der Waals surface area contributed by atoms with Crippen molar-refractivity contribution < 1.29 is 33.6 Å². The summed E-state index contributed by atoms with van der Waals surface area (Å²) in [7, 11) is 0. The van der Waals surface area contributed by atoms with Crippen molar-refractivity contribution in [2.75, 3.05) is 6.61 Å². The molecule has 0 bridgehead atoms. The zero-order valence-electron chi connectivity index (χ0n) is 15.6. The molecule has 2 aromatic carbocycles. The number of rotatable bonds is 5. The van der Waals surface area contributed by atoms with Crippen molar-refractivity contribution >= 4 is 11.6 Å². The van der Waals surface area contributed by atoms with Gasteiger partial charge in [-0.15, -0.1) is 0 Å². The Hall–Kier alpha value is -2.19. The minimum atomic E-state index is -2.25. The van der Waals surface area contributed by atoms with Gasteiger partial charge in [-0.1, -0.05) is 35.9 Å². The molecule has 4 atom stereocenters. The van der Waals surface area contributed by atoms with Gasteiger partial charge in [0.05, 0.1) is 6.61 Å². The molecule has 0 radical (unpaired) electrons. The second-order valence-electron chi connectivity index (χ2n) is 6.69. The highest BCUT2D eigenvalue weighted by Crippen LogP contribution is 2.37. The highest BCUT2D eigenvalue weighted by Gasteiger charge is 2.44. The van der Waals surface area contributed by atoms with Crippen LogP contribution in [0.15, 0.2) is 54.3 Å². The van der Waals surface area contributed by atoms with Gasteiger partial charge in [-0.05, 0) is 48.2 Å². The maximum Gasteiger partial charge on any atom is 0.310 e. The van der Waals surface area contributed by atoms with E-state index in [1.807, 2.05) is 31.2 Å². The monoisotopic (exact) mass is 426 g/mol. The third kappa shape index (κ3) is 4.70. The second-order valence-corrected chi connectivity index (χ2v) is 7.10. The zero-order valence-corrected chi connectivity index (χ0v) is 16.3. The van der Waals surface area contributed by atoms with Crippen LogP contribution in [0.4, 0.5) is 8.78 Å². The first-order valence-electron chi connectivity index (χ1n) is 9.08. The number of aliphatic hydroxyl groups is 3. The quantitative estimate of drug-likeness (QED) is 0.681. The Bertz CT molecular complexity index is 883. The Morgan fingerprint density at radius 3 is 2.38 bits per heavy atom. The molecule has 0 unspecified atom stereocenters. The molecule has 0 spiro atoms. The van der Waals surface area contributed by atoms with Crippen LogP contribution in [-0.2, 0) is 11.2 Å². The number of ether oxygens (including phenoxy) is 2. The van der Waals surface area contributed by atoms with Gasteiger partial charge >= 0.3 is 6.08 Å². The van der Waals surface area contributed by atoms with Gasteiger partial charge in [0.15, 0.2) is 11.9 Å². The van der Waals surface area contributed by atoms with Gasteiger partial charge < -0.3 is 24.8 Å². The van der Waals surface area contributed by atoms with Gasteiger partial charge in [0.2, 0.25) is 0 Å². The molecule has 156 valence electrons. The van der Waals surface area contributed by atoms with E-state index in [9.17, 15) is 24.1 Å². The van der Waals surface area contributed by atoms with Gasteiger partial charge in [0, 0.05) is 5.02 Å². The van der Waals surface area contributed by atoms with Crippen molar-refractivity contribution in [3.8, 4) is 5.75 Å². The molecule has 1 aliphatic rings. The number of hydrogen-bond acceptors (Lipinski definition) is 5. The van der Waals surface area contributed by atoms with Gasteiger partial charge in [0.1, 0.15) is 24.1 Å². The number of hydrogen-bond donors (Lipinski definition) is 3. The Morgan fingerprint density at radius 1 is 1.07 bits per heavy atom. The molecule has 3 rings (SSSR count). The van der Waals surface area contributed by atoms with Crippen LogP contribution in [0.5, 0.6) is 5.75 Å². The van der Waals surface area contributed by atoms with Gasteiger partial charge in [0.25, 0.3) is 0 Å². The summed E-state index contributed by atoms with van der Waals surface area (Å²) in [6.07, 6.45) is -8.48. The third-order valence-electron chi connectivity index (χ3n) is 4.72. The Morgan fingerprint density at radius 2 is 1.76 bits per heavy atom. The van der Waals surface area contributed by atoms with Gasteiger partial charge in [-0.25, -0.2) is 0 Å². The van der Waals surface area contributed by atoms with E-state index in [0.717, 1.165) is 11.3 Å². The molecule has 0 amide bonds. The summed E-state index contributed by atoms with van der Waals surface area (Å²) in [6, 6.07) is 12.2. The molecule has 5 nitrogen and oxygen atoms in total. The normalized spacial score (nSPS) is 24.2. The Kier molecular flexibility index (Phi) is 6.74. The standard InChI is InChI=1S/C21H21ClF2O5/c1-2-28-14-6-3-11(4-7-14)9-13-10-12(5-8-15(13)22)19-17(26)16(25)18(27)20(29-19)21(23)24/h3-8,10,16-19,25-27H,2,9H2,1H3/t16-,17-,18+,19+/m1/s1. The third-order valence-corrected chi connectivity index (χ3v) is 5.09. The van der Waals surface area contributed by atoms with E-state index in [1.165, 1.54) is 6.07 Å². The maximum atomic E-state index is 13.0. The first-order chi connectivity index (χ1) is 13.8. The van der Waals surface area contributed by atoms with Crippen LogP contribution in [0.2, 0.25) is 5.02 Å². The second kappa shape index (κ2) is 9.09. The average Bonchev–Trinajstić information content (AvgIpc) is 2.69. The summed E-state index contributed by atoms with van der Waals surface area (Å²) >= 11 is 6.29. The molecular weight excluding hydrogens is 406 g/mol. The summed E-state index contributed by atoms with van der Waals surface area (Å²) in [5.41, 5.74) is 1.99. The molecular formula is C21H21ClF2O5. The molecule has 1 saturated heterocycles. The fourth-order valence-corrected chi connectivity index (χ4v) is 3.40. The van der Waals surface area contributed by atoms with E-state index < -0.39 is 36.3 Å². The van der Waals surface area contributed by atoms with E-state index in [1.54, 1.807) is 12.1 Å². The van der Waals surface area contributed by atoms with Crippen LogP contribution in [0, 0.1) is 0 Å². The van der Waals surface area contributed by atoms with Crippen LogP contribution in [0.1, 0.15) is 29.7 Å². The maximum absolute atomic E-state index is 13.0. The molecule has 0 aromatic heterocycles. The van der Waals surface area contributed by atoms with Crippen molar-refractivity contribution in [3.63, 3.8) is 0 Å². The average molecular weight is 427 g/mol. The molecule has 0 saturated carbocycles.